The number of hydrazone groups is 1. The van der Waals surface area contributed by atoms with Crippen molar-refractivity contribution >= 4 is 17.6 Å². The maximum Gasteiger partial charge on any atom is 0.268 e. The van der Waals surface area contributed by atoms with Gasteiger partial charge in [-0.15, -0.1) is 0 Å². The summed E-state index contributed by atoms with van der Waals surface area (Å²) in [7, 11) is 0. The third-order valence-corrected chi connectivity index (χ3v) is 5.98. The molecular formula is C21H29N5O2. The van der Waals surface area contributed by atoms with Crippen molar-refractivity contribution in [3.63, 3.8) is 0 Å². The van der Waals surface area contributed by atoms with E-state index in [2.05, 4.69) is 34.6 Å². The highest BCUT2D eigenvalue weighted by atomic mass is 16.2. The highest BCUT2D eigenvalue weighted by Gasteiger charge is 2.51. The summed E-state index contributed by atoms with van der Waals surface area (Å²) >= 11 is 0. The second kappa shape index (κ2) is 7.81. The molecule has 3 atom stereocenters. The number of amides is 2. The number of carbonyl (C=O) groups is 2. The van der Waals surface area contributed by atoms with Crippen LogP contribution in [0, 0.1) is 5.92 Å². The minimum absolute atomic E-state index is 0.0441. The lowest BCUT2D eigenvalue weighted by Crippen LogP contribution is -2.70. The average Bonchev–Trinajstić information content (AvgIpc) is 3.16. The first-order valence-corrected chi connectivity index (χ1v) is 10.3. The van der Waals surface area contributed by atoms with Gasteiger partial charge < -0.3 is 15.1 Å². The molecule has 2 amide bonds. The van der Waals surface area contributed by atoms with Gasteiger partial charge in [0.05, 0.1) is 12.1 Å². The van der Waals surface area contributed by atoms with Crippen LogP contribution < -0.4 is 10.7 Å². The van der Waals surface area contributed by atoms with Gasteiger partial charge in [-0.3, -0.25) is 15.0 Å². The van der Waals surface area contributed by atoms with Gasteiger partial charge in [0.25, 0.3) is 5.91 Å². The fourth-order valence-electron chi connectivity index (χ4n) is 4.64. The van der Waals surface area contributed by atoms with Gasteiger partial charge in [0, 0.05) is 12.5 Å². The molecule has 2 N–H and O–H groups in total. The Bertz CT molecular complexity index is 763. The van der Waals surface area contributed by atoms with E-state index in [1.165, 1.54) is 0 Å². The van der Waals surface area contributed by atoms with Gasteiger partial charge in [-0.05, 0) is 18.4 Å². The number of hydrogen-bond acceptors (Lipinski definition) is 5. The summed E-state index contributed by atoms with van der Waals surface area (Å²) in [6.45, 7) is 4.79. The van der Waals surface area contributed by atoms with E-state index < -0.39 is 6.17 Å². The molecule has 0 aromatic heterocycles. The van der Waals surface area contributed by atoms with Crippen molar-refractivity contribution in [2.75, 3.05) is 6.54 Å². The van der Waals surface area contributed by atoms with Crippen LogP contribution in [0.25, 0.3) is 0 Å². The van der Waals surface area contributed by atoms with Crippen molar-refractivity contribution in [2.24, 2.45) is 11.0 Å². The van der Waals surface area contributed by atoms with Crippen molar-refractivity contribution in [2.45, 2.75) is 64.3 Å². The molecule has 0 radical (unpaired) electrons. The quantitative estimate of drug-likeness (QED) is 0.811. The fourth-order valence-corrected chi connectivity index (χ4v) is 4.64. The van der Waals surface area contributed by atoms with Crippen LogP contribution in [-0.2, 0) is 16.1 Å². The van der Waals surface area contributed by atoms with Crippen LogP contribution in [0.5, 0.6) is 0 Å². The summed E-state index contributed by atoms with van der Waals surface area (Å²) in [6, 6.07) is 10.1. The molecule has 1 saturated heterocycles. The van der Waals surface area contributed by atoms with Crippen LogP contribution in [0.2, 0.25) is 0 Å². The molecule has 1 aliphatic carbocycles. The molecule has 3 aliphatic rings. The smallest absolute Gasteiger partial charge is 0.268 e. The largest absolute Gasteiger partial charge is 0.350 e. The molecule has 150 valence electrons. The van der Waals surface area contributed by atoms with Crippen LogP contribution in [0.1, 0.15) is 45.1 Å². The summed E-state index contributed by atoms with van der Waals surface area (Å²) in [5, 5.41) is 7.41. The molecular weight excluding hydrogens is 354 g/mol. The molecule has 0 bridgehead atoms. The maximum absolute atomic E-state index is 13.2. The standard InChI is InChI=1S/C21H29N5O2/c1-14(2)19-23-24-20-21(28)25(16-10-6-7-11-17(16)26(19)20)13-18(27)22-12-15-8-4-3-5-9-15/h3-5,8-9,14,16-17,20,24H,6-7,10-13H2,1-2H3,(H,22,27). The first-order chi connectivity index (χ1) is 13.6. The summed E-state index contributed by atoms with van der Waals surface area (Å²) in [5.74, 6) is 1.06. The summed E-state index contributed by atoms with van der Waals surface area (Å²) < 4.78 is 0. The lowest BCUT2D eigenvalue weighted by molar-refractivity contribution is -0.152. The summed E-state index contributed by atoms with van der Waals surface area (Å²) in [4.78, 5) is 29.8. The Balaban J connectivity index is 1.47. The predicted octanol–water partition coefficient (Wildman–Crippen LogP) is 1.66. The molecule has 2 fully saturated rings. The van der Waals surface area contributed by atoms with Crippen molar-refractivity contribution in [1.29, 1.82) is 0 Å². The lowest BCUT2D eigenvalue weighted by atomic mass is 9.85. The zero-order chi connectivity index (χ0) is 19.7. The van der Waals surface area contributed by atoms with Gasteiger partial charge in [-0.2, -0.15) is 5.10 Å². The number of fused-ring (bicyclic) bond motifs is 3. The van der Waals surface area contributed by atoms with Gasteiger partial charge in [-0.25, -0.2) is 0 Å². The second-order valence-electron chi connectivity index (χ2n) is 8.21. The van der Waals surface area contributed by atoms with E-state index in [0.29, 0.717) is 6.54 Å². The molecule has 4 rings (SSSR count). The van der Waals surface area contributed by atoms with Crippen molar-refractivity contribution < 1.29 is 9.59 Å². The van der Waals surface area contributed by atoms with Gasteiger partial charge in [-0.1, -0.05) is 57.0 Å². The van der Waals surface area contributed by atoms with Gasteiger partial charge in [0.2, 0.25) is 5.91 Å². The lowest BCUT2D eigenvalue weighted by Gasteiger charge is -2.51. The van der Waals surface area contributed by atoms with E-state index in [0.717, 1.165) is 37.1 Å². The number of hydrogen-bond donors (Lipinski definition) is 2. The number of benzene rings is 1. The van der Waals surface area contributed by atoms with Crippen molar-refractivity contribution in [3.8, 4) is 0 Å². The van der Waals surface area contributed by atoms with E-state index in [-0.39, 0.29) is 36.4 Å². The average molecular weight is 383 g/mol. The highest BCUT2D eigenvalue weighted by Crippen LogP contribution is 2.35. The van der Waals surface area contributed by atoms with Crippen molar-refractivity contribution in [1.82, 2.24) is 20.5 Å². The van der Waals surface area contributed by atoms with Gasteiger partial charge in [0.1, 0.15) is 12.4 Å². The Hall–Kier alpha value is -2.57. The molecule has 2 aliphatic heterocycles. The zero-order valence-corrected chi connectivity index (χ0v) is 16.6. The fraction of sp³-hybridized carbons (Fsp3) is 0.571. The monoisotopic (exact) mass is 383 g/mol. The zero-order valence-electron chi connectivity index (χ0n) is 16.6. The Morgan fingerprint density at radius 3 is 2.64 bits per heavy atom. The van der Waals surface area contributed by atoms with Crippen molar-refractivity contribution in [3.05, 3.63) is 35.9 Å². The normalized spacial score (nSPS) is 26.5. The van der Waals surface area contributed by atoms with Gasteiger partial charge in [0.15, 0.2) is 6.17 Å². The molecule has 7 heteroatoms. The Morgan fingerprint density at radius 2 is 1.93 bits per heavy atom. The Morgan fingerprint density at radius 1 is 1.21 bits per heavy atom. The number of nitrogens with zero attached hydrogens (tertiary/aromatic N) is 3. The first-order valence-electron chi connectivity index (χ1n) is 10.3. The van der Waals surface area contributed by atoms with E-state index in [9.17, 15) is 9.59 Å². The number of amidine groups is 1. The number of rotatable bonds is 5. The van der Waals surface area contributed by atoms with Crippen LogP contribution in [0.3, 0.4) is 0 Å². The predicted molar refractivity (Wildman–Crippen MR) is 107 cm³/mol. The third kappa shape index (κ3) is 3.45. The van der Waals surface area contributed by atoms with Crippen LogP contribution in [-0.4, -0.2) is 52.2 Å². The second-order valence-corrected chi connectivity index (χ2v) is 8.21. The third-order valence-electron chi connectivity index (χ3n) is 5.98. The molecule has 2 heterocycles. The van der Waals surface area contributed by atoms with Crippen LogP contribution >= 0.6 is 0 Å². The molecule has 7 nitrogen and oxygen atoms in total. The number of carbonyl (C=O) groups excluding carboxylic acids is 2. The summed E-state index contributed by atoms with van der Waals surface area (Å²) in [5.41, 5.74) is 4.08. The molecule has 28 heavy (non-hydrogen) atoms. The Labute approximate surface area is 166 Å². The van der Waals surface area contributed by atoms with Crippen LogP contribution in [0.4, 0.5) is 0 Å². The topological polar surface area (TPSA) is 77.0 Å². The van der Waals surface area contributed by atoms with Gasteiger partial charge >= 0.3 is 0 Å². The summed E-state index contributed by atoms with van der Waals surface area (Å²) in [6.07, 6.45) is 3.74. The number of piperazine rings is 1. The van der Waals surface area contributed by atoms with E-state index in [4.69, 9.17) is 0 Å². The molecule has 1 aromatic rings. The number of nitrogens with one attached hydrogen (secondary N) is 2. The minimum Gasteiger partial charge on any atom is -0.350 e. The highest BCUT2D eigenvalue weighted by molar-refractivity contribution is 5.96. The molecule has 1 aromatic carbocycles. The molecule has 0 spiro atoms. The van der Waals surface area contributed by atoms with E-state index >= 15 is 0 Å². The van der Waals surface area contributed by atoms with E-state index in [1.807, 2.05) is 30.3 Å². The molecule has 3 unspecified atom stereocenters. The molecule has 1 saturated carbocycles. The van der Waals surface area contributed by atoms with E-state index in [1.54, 1.807) is 4.90 Å². The maximum atomic E-state index is 13.2. The Kier molecular flexibility index (Phi) is 5.24. The minimum atomic E-state index is -0.473. The first kappa shape index (κ1) is 18.8. The van der Waals surface area contributed by atoms with Crippen LogP contribution in [0.15, 0.2) is 35.4 Å². The SMILES string of the molecule is CC(C)C1=NNC2C(=O)N(CC(=O)NCc3ccccc3)C3CCCCC3N12.